The van der Waals surface area contributed by atoms with Crippen LogP contribution in [0.15, 0.2) is 0 Å². The second-order valence-electron chi connectivity index (χ2n) is 1.97. The van der Waals surface area contributed by atoms with E-state index in [1.54, 1.807) is 0 Å². The molecular weight excluding hydrogens is 128 g/mol. The third-order valence-electron chi connectivity index (χ3n) is 1.25. The molecule has 1 rings (SSSR count). The highest BCUT2D eigenvalue weighted by Gasteiger charge is 2.21. The molecule has 2 nitrogen and oxygen atoms in total. The molecule has 1 N–H and O–H groups in total. The van der Waals surface area contributed by atoms with Gasteiger partial charge in [-0.15, -0.1) is 0 Å². The van der Waals surface area contributed by atoms with Gasteiger partial charge in [-0.2, -0.15) is 0 Å². The number of rotatable bonds is 1. The van der Waals surface area contributed by atoms with Crippen molar-refractivity contribution in [3.05, 3.63) is 0 Å². The standard InChI is InChI=1S/C5H9F2NO/c6-5(7)4-3-9-2-1-8-4/h4-5,8H,1-3H2/t4-/m0/s1. The largest absolute Gasteiger partial charge is 0.378 e. The summed E-state index contributed by atoms with van der Waals surface area (Å²) >= 11 is 0. The fraction of sp³-hybridized carbons (Fsp3) is 1.00. The lowest BCUT2D eigenvalue weighted by Gasteiger charge is -2.22. The summed E-state index contributed by atoms with van der Waals surface area (Å²) in [7, 11) is 0. The number of halogens is 2. The summed E-state index contributed by atoms with van der Waals surface area (Å²) in [6, 6.07) is -0.751. The van der Waals surface area contributed by atoms with E-state index in [9.17, 15) is 8.78 Å². The second kappa shape index (κ2) is 3.08. The van der Waals surface area contributed by atoms with Gasteiger partial charge in [0, 0.05) is 6.54 Å². The summed E-state index contributed by atoms with van der Waals surface area (Å²) in [5, 5.41) is 2.64. The number of hydrogen-bond donors (Lipinski definition) is 1. The van der Waals surface area contributed by atoms with E-state index in [4.69, 9.17) is 4.74 Å². The van der Waals surface area contributed by atoms with Crippen LogP contribution in [0.5, 0.6) is 0 Å². The van der Waals surface area contributed by atoms with Crippen molar-refractivity contribution in [1.82, 2.24) is 5.32 Å². The molecular formula is C5H9F2NO. The Morgan fingerprint density at radius 3 is 2.67 bits per heavy atom. The number of ether oxygens (including phenoxy) is 1. The number of alkyl halides is 2. The number of nitrogens with one attached hydrogen (secondary N) is 1. The van der Waals surface area contributed by atoms with Gasteiger partial charge in [-0.05, 0) is 0 Å². The highest BCUT2D eigenvalue weighted by molar-refractivity contribution is 4.71. The second-order valence-corrected chi connectivity index (χ2v) is 1.97. The van der Waals surface area contributed by atoms with Gasteiger partial charge < -0.3 is 10.1 Å². The Labute approximate surface area is 52.2 Å². The highest BCUT2D eigenvalue weighted by Crippen LogP contribution is 2.03. The van der Waals surface area contributed by atoms with E-state index < -0.39 is 12.5 Å². The van der Waals surface area contributed by atoms with Gasteiger partial charge in [0.05, 0.1) is 19.3 Å². The van der Waals surface area contributed by atoms with E-state index in [-0.39, 0.29) is 6.61 Å². The van der Waals surface area contributed by atoms with Gasteiger partial charge in [-0.25, -0.2) is 8.78 Å². The van der Waals surface area contributed by atoms with E-state index in [0.29, 0.717) is 13.2 Å². The van der Waals surface area contributed by atoms with Crippen molar-refractivity contribution in [2.75, 3.05) is 19.8 Å². The van der Waals surface area contributed by atoms with Crippen molar-refractivity contribution >= 4 is 0 Å². The first-order valence-electron chi connectivity index (χ1n) is 2.90. The molecule has 0 aromatic carbocycles. The topological polar surface area (TPSA) is 21.3 Å². The van der Waals surface area contributed by atoms with Crippen LogP contribution in [0.2, 0.25) is 0 Å². The minimum absolute atomic E-state index is 0.137. The van der Waals surface area contributed by atoms with Gasteiger partial charge in [0.2, 0.25) is 0 Å². The molecule has 0 amide bonds. The highest BCUT2D eigenvalue weighted by atomic mass is 19.3. The molecule has 0 unspecified atom stereocenters. The van der Waals surface area contributed by atoms with Crippen molar-refractivity contribution in [1.29, 1.82) is 0 Å². The Hall–Kier alpha value is -0.220. The first-order chi connectivity index (χ1) is 4.30. The molecule has 54 valence electrons. The van der Waals surface area contributed by atoms with E-state index in [1.807, 2.05) is 0 Å². The third-order valence-corrected chi connectivity index (χ3v) is 1.25. The maximum Gasteiger partial charge on any atom is 0.255 e. The monoisotopic (exact) mass is 137 g/mol. The van der Waals surface area contributed by atoms with Crippen LogP contribution in [0.1, 0.15) is 0 Å². The van der Waals surface area contributed by atoms with Crippen LogP contribution in [-0.4, -0.2) is 32.2 Å². The van der Waals surface area contributed by atoms with Gasteiger partial charge in [-0.3, -0.25) is 0 Å². The lowest BCUT2D eigenvalue weighted by molar-refractivity contribution is 0.00349. The van der Waals surface area contributed by atoms with Crippen LogP contribution in [-0.2, 0) is 4.74 Å². The van der Waals surface area contributed by atoms with E-state index in [2.05, 4.69) is 5.32 Å². The molecule has 1 fully saturated rings. The van der Waals surface area contributed by atoms with Crippen molar-refractivity contribution in [2.24, 2.45) is 0 Å². The maximum absolute atomic E-state index is 11.8. The van der Waals surface area contributed by atoms with Crippen molar-refractivity contribution in [2.45, 2.75) is 12.5 Å². The van der Waals surface area contributed by atoms with Crippen molar-refractivity contribution in [3.8, 4) is 0 Å². The van der Waals surface area contributed by atoms with Crippen LogP contribution in [0.4, 0.5) is 8.78 Å². The third kappa shape index (κ3) is 1.87. The summed E-state index contributed by atoms with van der Waals surface area (Å²) in [5.41, 5.74) is 0. The van der Waals surface area contributed by atoms with E-state index in [0.717, 1.165) is 0 Å². The Morgan fingerprint density at radius 1 is 1.56 bits per heavy atom. The molecule has 1 saturated heterocycles. The lowest BCUT2D eigenvalue weighted by atomic mass is 10.3. The summed E-state index contributed by atoms with van der Waals surface area (Å²) < 4.78 is 28.4. The maximum atomic E-state index is 11.8. The molecule has 0 spiro atoms. The SMILES string of the molecule is FC(F)[C@@H]1COCCN1. The predicted molar refractivity (Wildman–Crippen MR) is 28.6 cm³/mol. The minimum Gasteiger partial charge on any atom is -0.378 e. The molecule has 1 heterocycles. The Balaban J connectivity index is 2.23. The van der Waals surface area contributed by atoms with Crippen molar-refractivity contribution in [3.63, 3.8) is 0 Å². The van der Waals surface area contributed by atoms with Crippen LogP contribution >= 0.6 is 0 Å². The quantitative estimate of drug-likeness (QED) is 0.559. The molecule has 0 radical (unpaired) electrons. The Kier molecular flexibility index (Phi) is 2.36. The van der Waals surface area contributed by atoms with Gasteiger partial charge in [0.15, 0.2) is 0 Å². The molecule has 0 aliphatic carbocycles. The summed E-state index contributed by atoms with van der Waals surface area (Å²) in [6.07, 6.45) is -2.30. The summed E-state index contributed by atoms with van der Waals surface area (Å²) in [5.74, 6) is 0. The molecule has 0 saturated carbocycles. The molecule has 1 atom stereocenters. The summed E-state index contributed by atoms with van der Waals surface area (Å²) in [4.78, 5) is 0. The smallest absolute Gasteiger partial charge is 0.255 e. The predicted octanol–water partition coefficient (Wildman–Crippen LogP) is 0.240. The molecule has 0 aromatic heterocycles. The van der Waals surface area contributed by atoms with Crippen molar-refractivity contribution < 1.29 is 13.5 Å². The summed E-state index contributed by atoms with van der Waals surface area (Å²) in [6.45, 7) is 1.22. The molecule has 0 aromatic rings. The van der Waals surface area contributed by atoms with E-state index >= 15 is 0 Å². The van der Waals surface area contributed by atoms with Gasteiger partial charge in [-0.1, -0.05) is 0 Å². The number of hydrogen-bond acceptors (Lipinski definition) is 2. The zero-order chi connectivity index (χ0) is 6.69. The molecule has 1 aliphatic rings. The fourth-order valence-corrected chi connectivity index (χ4v) is 0.748. The zero-order valence-electron chi connectivity index (χ0n) is 4.94. The first-order valence-corrected chi connectivity index (χ1v) is 2.90. The average molecular weight is 137 g/mol. The Bertz CT molecular complexity index is 83.0. The fourth-order valence-electron chi connectivity index (χ4n) is 0.748. The molecule has 4 heteroatoms. The number of morpholine rings is 1. The van der Waals surface area contributed by atoms with Gasteiger partial charge in [0.1, 0.15) is 0 Å². The zero-order valence-corrected chi connectivity index (χ0v) is 4.94. The normalized spacial score (nSPS) is 29.0. The van der Waals surface area contributed by atoms with Crippen LogP contribution in [0.25, 0.3) is 0 Å². The van der Waals surface area contributed by atoms with Gasteiger partial charge >= 0.3 is 0 Å². The Morgan fingerprint density at radius 2 is 2.33 bits per heavy atom. The van der Waals surface area contributed by atoms with Crippen LogP contribution in [0.3, 0.4) is 0 Å². The molecule has 0 bridgehead atoms. The molecule has 1 aliphatic heterocycles. The van der Waals surface area contributed by atoms with Crippen LogP contribution in [0, 0.1) is 0 Å². The average Bonchev–Trinajstić information content (AvgIpc) is 1.90. The van der Waals surface area contributed by atoms with E-state index in [1.165, 1.54) is 0 Å². The minimum atomic E-state index is -2.30. The lowest BCUT2D eigenvalue weighted by Crippen LogP contribution is -2.45. The molecule has 9 heavy (non-hydrogen) atoms. The van der Waals surface area contributed by atoms with Crippen LogP contribution < -0.4 is 5.32 Å². The first kappa shape index (κ1) is 6.89. The van der Waals surface area contributed by atoms with Gasteiger partial charge in [0.25, 0.3) is 6.43 Å².